The lowest BCUT2D eigenvalue weighted by Crippen LogP contribution is -2.08. The van der Waals surface area contributed by atoms with Crippen LogP contribution in [0.1, 0.15) is 20.8 Å². The number of azo groups is 1. The molecule has 0 rings (SSSR count). The second-order valence-corrected chi connectivity index (χ2v) is 3.14. The van der Waals surface area contributed by atoms with Gasteiger partial charge < -0.3 is 5.11 Å². The Bertz CT molecular complexity index is 93.7. The molecule has 0 aliphatic rings. The third kappa shape index (κ3) is 7.56. The number of aliphatic hydroxyl groups excluding tert-OH is 1. The van der Waals surface area contributed by atoms with Crippen molar-refractivity contribution >= 4 is 0 Å². The molecule has 1 N–H and O–H groups in total. The molecule has 0 unspecified atom stereocenters. The van der Waals surface area contributed by atoms with Gasteiger partial charge in [-0.15, -0.1) is 0 Å². The Balaban J connectivity index is 3.38. The highest BCUT2D eigenvalue weighted by Crippen LogP contribution is 2.12. The molecule has 0 saturated carbocycles. The van der Waals surface area contributed by atoms with Crippen molar-refractivity contribution in [1.29, 1.82) is 0 Å². The van der Waals surface area contributed by atoms with E-state index in [1.807, 2.05) is 0 Å². The quantitative estimate of drug-likeness (QED) is 0.565. The van der Waals surface area contributed by atoms with Crippen LogP contribution in [0.25, 0.3) is 0 Å². The fourth-order valence-electron chi connectivity index (χ4n) is 0.307. The van der Waals surface area contributed by atoms with Crippen molar-refractivity contribution in [3.63, 3.8) is 0 Å². The Hall–Kier alpha value is -0.440. The molecule has 9 heavy (non-hydrogen) atoms. The van der Waals surface area contributed by atoms with Crippen LogP contribution in [0.5, 0.6) is 0 Å². The van der Waals surface area contributed by atoms with Crippen molar-refractivity contribution in [1.82, 2.24) is 0 Å². The maximum Gasteiger partial charge on any atom is 0.154 e. The summed E-state index contributed by atoms with van der Waals surface area (Å²) in [6.07, 6.45) is 0. The van der Waals surface area contributed by atoms with E-state index in [-0.39, 0.29) is 12.1 Å². The van der Waals surface area contributed by atoms with Crippen LogP contribution in [-0.4, -0.2) is 18.4 Å². The normalized spacial score (nSPS) is 12.9. The van der Waals surface area contributed by atoms with Crippen molar-refractivity contribution < 1.29 is 5.11 Å². The zero-order chi connectivity index (χ0) is 7.33. The lowest BCUT2D eigenvalue weighted by Gasteiger charge is -2.12. The van der Waals surface area contributed by atoms with Gasteiger partial charge in [0.05, 0.1) is 6.54 Å². The lowest BCUT2D eigenvalue weighted by molar-refractivity contribution is 0.294. The molecule has 0 saturated heterocycles. The molecule has 0 radical (unpaired) electrons. The average molecular weight is 130 g/mol. The second-order valence-electron chi connectivity index (χ2n) is 3.14. The van der Waals surface area contributed by atoms with Crippen LogP contribution in [0.2, 0.25) is 0 Å². The van der Waals surface area contributed by atoms with Crippen molar-refractivity contribution in [2.45, 2.75) is 20.8 Å². The molecule has 0 amide bonds. The number of hydrogen-bond acceptors (Lipinski definition) is 3. The van der Waals surface area contributed by atoms with E-state index in [9.17, 15) is 0 Å². The van der Waals surface area contributed by atoms with E-state index in [1.54, 1.807) is 0 Å². The highest BCUT2D eigenvalue weighted by molar-refractivity contribution is 4.62. The molecule has 0 atom stereocenters. The largest absolute Gasteiger partial charge is 0.373 e. The molecule has 0 spiro atoms. The molecule has 0 bridgehead atoms. The fourth-order valence-corrected chi connectivity index (χ4v) is 0.307. The molecule has 0 aromatic carbocycles. The molecular formula is C6H14N2O. The van der Waals surface area contributed by atoms with Crippen LogP contribution < -0.4 is 0 Å². The van der Waals surface area contributed by atoms with E-state index in [2.05, 4.69) is 31.0 Å². The van der Waals surface area contributed by atoms with Crippen molar-refractivity contribution in [3.05, 3.63) is 0 Å². The molecule has 54 valence electrons. The number of nitrogens with zero attached hydrogens (tertiary/aromatic N) is 2. The van der Waals surface area contributed by atoms with E-state index in [0.29, 0.717) is 6.54 Å². The van der Waals surface area contributed by atoms with Crippen molar-refractivity contribution in [2.75, 3.05) is 13.3 Å². The van der Waals surface area contributed by atoms with Gasteiger partial charge in [-0.05, 0) is 5.41 Å². The standard InChI is InChI=1S/C6H14N2O/c1-6(2,3)4-7-8-5-9/h9H,4-5H2,1-3H3. The van der Waals surface area contributed by atoms with Gasteiger partial charge in [-0.25, -0.2) is 0 Å². The van der Waals surface area contributed by atoms with Crippen LogP contribution in [0.15, 0.2) is 10.2 Å². The topological polar surface area (TPSA) is 45.0 Å². The Labute approximate surface area is 55.8 Å². The number of aliphatic hydroxyl groups is 1. The molecule has 3 heteroatoms. The van der Waals surface area contributed by atoms with Crippen LogP contribution in [0, 0.1) is 5.41 Å². The van der Waals surface area contributed by atoms with E-state index in [4.69, 9.17) is 5.11 Å². The fraction of sp³-hybridized carbons (Fsp3) is 1.00. The third-order valence-electron chi connectivity index (χ3n) is 0.708. The predicted octanol–water partition coefficient (Wildman–Crippen LogP) is 1.43. The zero-order valence-corrected chi connectivity index (χ0v) is 6.26. The summed E-state index contributed by atoms with van der Waals surface area (Å²) in [7, 11) is 0. The zero-order valence-electron chi connectivity index (χ0n) is 6.26. The van der Waals surface area contributed by atoms with Crippen LogP contribution in [0.3, 0.4) is 0 Å². The highest BCUT2D eigenvalue weighted by atomic mass is 16.3. The highest BCUT2D eigenvalue weighted by Gasteiger charge is 2.07. The van der Waals surface area contributed by atoms with Crippen molar-refractivity contribution in [2.24, 2.45) is 15.6 Å². The van der Waals surface area contributed by atoms with Gasteiger partial charge in [-0.3, -0.25) is 0 Å². The molecule has 0 fully saturated rings. The lowest BCUT2D eigenvalue weighted by atomic mass is 9.98. The van der Waals surface area contributed by atoms with Crippen molar-refractivity contribution in [3.8, 4) is 0 Å². The molecule has 3 nitrogen and oxygen atoms in total. The molecule has 0 aromatic heterocycles. The summed E-state index contributed by atoms with van der Waals surface area (Å²) in [5.74, 6) is 0. The monoisotopic (exact) mass is 130 g/mol. The first-order chi connectivity index (χ1) is 4.06. The Morgan fingerprint density at radius 3 is 2.11 bits per heavy atom. The smallest absolute Gasteiger partial charge is 0.154 e. The minimum Gasteiger partial charge on any atom is -0.373 e. The first-order valence-electron chi connectivity index (χ1n) is 3.00. The van der Waals surface area contributed by atoms with Crippen LogP contribution >= 0.6 is 0 Å². The number of hydrogen-bond donors (Lipinski definition) is 1. The predicted molar refractivity (Wildman–Crippen MR) is 36.3 cm³/mol. The van der Waals surface area contributed by atoms with Gasteiger partial charge in [0.25, 0.3) is 0 Å². The van der Waals surface area contributed by atoms with Gasteiger partial charge in [0.1, 0.15) is 0 Å². The van der Waals surface area contributed by atoms with Gasteiger partial charge in [0.2, 0.25) is 0 Å². The summed E-state index contributed by atoms with van der Waals surface area (Å²) in [5, 5.41) is 15.4. The minimum atomic E-state index is -0.198. The summed E-state index contributed by atoms with van der Waals surface area (Å²) in [4.78, 5) is 0. The molecule has 0 heterocycles. The van der Waals surface area contributed by atoms with E-state index in [1.165, 1.54) is 0 Å². The van der Waals surface area contributed by atoms with E-state index < -0.39 is 0 Å². The Morgan fingerprint density at radius 1 is 1.22 bits per heavy atom. The Morgan fingerprint density at radius 2 is 1.78 bits per heavy atom. The molecular weight excluding hydrogens is 116 g/mol. The summed E-state index contributed by atoms with van der Waals surface area (Å²) in [6.45, 7) is 6.69. The summed E-state index contributed by atoms with van der Waals surface area (Å²) in [6, 6.07) is 0. The summed E-state index contributed by atoms with van der Waals surface area (Å²) < 4.78 is 0. The molecule has 0 aliphatic carbocycles. The minimum absolute atomic E-state index is 0.179. The van der Waals surface area contributed by atoms with Gasteiger partial charge in [0.15, 0.2) is 6.73 Å². The number of rotatable bonds is 2. The maximum atomic E-state index is 8.20. The van der Waals surface area contributed by atoms with Crippen LogP contribution in [0.4, 0.5) is 0 Å². The van der Waals surface area contributed by atoms with Crippen LogP contribution in [-0.2, 0) is 0 Å². The van der Waals surface area contributed by atoms with Gasteiger partial charge in [-0.2, -0.15) is 10.2 Å². The average Bonchev–Trinajstić information content (AvgIpc) is 1.63. The van der Waals surface area contributed by atoms with E-state index >= 15 is 0 Å². The second kappa shape index (κ2) is 3.56. The summed E-state index contributed by atoms with van der Waals surface area (Å²) in [5.41, 5.74) is 0.179. The van der Waals surface area contributed by atoms with Gasteiger partial charge >= 0.3 is 0 Å². The molecule has 0 aromatic rings. The first-order valence-corrected chi connectivity index (χ1v) is 3.00. The Kier molecular flexibility index (Phi) is 3.39. The SMILES string of the molecule is CC(C)(C)CN=NCO. The first kappa shape index (κ1) is 8.56. The third-order valence-corrected chi connectivity index (χ3v) is 0.708. The summed E-state index contributed by atoms with van der Waals surface area (Å²) >= 11 is 0. The molecule has 0 aliphatic heterocycles. The van der Waals surface area contributed by atoms with Gasteiger partial charge in [-0.1, -0.05) is 20.8 Å². The van der Waals surface area contributed by atoms with E-state index in [0.717, 1.165) is 0 Å². The maximum absolute atomic E-state index is 8.20. The van der Waals surface area contributed by atoms with Gasteiger partial charge in [0, 0.05) is 0 Å².